The summed E-state index contributed by atoms with van der Waals surface area (Å²) in [4.78, 5) is 14.7. The average molecular weight is 278 g/mol. The molecule has 0 saturated carbocycles. The quantitative estimate of drug-likeness (QED) is 0.716. The number of hydrogen-bond donors (Lipinski definition) is 2. The lowest BCUT2D eigenvalue weighted by Crippen LogP contribution is -2.25. The second-order valence-corrected chi connectivity index (χ2v) is 5.29. The van der Waals surface area contributed by atoms with Crippen LogP contribution in [0.4, 0.5) is 5.69 Å². The summed E-state index contributed by atoms with van der Waals surface area (Å²) < 4.78 is 5.50. The molecule has 3 aromatic rings. The van der Waals surface area contributed by atoms with E-state index in [2.05, 4.69) is 40.6 Å². The Morgan fingerprint density at radius 1 is 1.10 bits per heavy atom. The molecule has 0 unspecified atom stereocenters. The molecule has 0 fully saturated rings. The number of carbonyl (C=O) groups excluding carboxylic acids is 1. The highest BCUT2D eigenvalue weighted by molar-refractivity contribution is 5.97. The number of rotatable bonds is 1. The van der Waals surface area contributed by atoms with E-state index in [-0.39, 0.29) is 12.5 Å². The summed E-state index contributed by atoms with van der Waals surface area (Å²) in [7, 11) is 0. The molecule has 1 amide bonds. The minimum absolute atomic E-state index is 0.0858. The first-order valence-electron chi connectivity index (χ1n) is 6.85. The number of carbonyl (C=O) groups is 1. The molecule has 0 saturated heterocycles. The van der Waals surface area contributed by atoms with Gasteiger partial charge in [0.15, 0.2) is 6.61 Å². The van der Waals surface area contributed by atoms with Crippen molar-refractivity contribution in [3.8, 4) is 16.9 Å². The number of aryl methyl sites for hydroxylation is 1. The van der Waals surface area contributed by atoms with Gasteiger partial charge in [0.1, 0.15) is 5.75 Å². The molecule has 0 atom stereocenters. The molecule has 104 valence electrons. The monoisotopic (exact) mass is 278 g/mol. The van der Waals surface area contributed by atoms with Crippen LogP contribution in [-0.2, 0) is 4.79 Å². The Hall–Kier alpha value is -2.75. The Balaban J connectivity index is 1.86. The zero-order chi connectivity index (χ0) is 14.4. The molecule has 0 spiro atoms. The number of amides is 1. The largest absolute Gasteiger partial charge is 0.481 e. The van der Waals surface area contributed by atoms with Gasteiger partial charge in [0.2, 0.25) is 0 Å². The fourth-order valence-electron chi connectivity index (χ4n) is 2.78. The summed E-state index contributed by atoms with van der Waals surface area (Å²) in [5, 5.41) is 4.04. The predicted octanol–water partition coefficient (Wildman–Crippen LogP) is 3.47. The van der Waals surface area contributed by atoms with Crippen molar-refractivity contribution >= 4 is 22.5 Å². The van der Waals surface area contributed by atoms with Crippen LogP contribution in [0.3, 0.4) is 0 Å². The molecule has 2 aromatic carbocycles. The number of aromatic nitrogens is 1. The second-order valence-electron chi connectivity index (χ2n) is 5.29. The molecule has 21 heavy (non-hydrogen) atoms. The Morgan fingerprint density at radius 2 is 2.00 bits per heavy atom. The normalized spacial score (nSPS) is 13.7. The van der Waals surface area contributed by atoms with Crippen LogP contribution in [0.15, 0.2) is 42.6 Å². The number of ether oxygens (including phenoxy) is 1. The van der Waals surface area contributed by atoms with Crippen LogP contribution < -0.4 is 10.1 Å². The number of hydrogen-bond acceptors (Lipinski definition) is 2. The lowest BCUT2D eigenvalue weighted by Gasteiger charge is -2.21. The number of nitrogens with one attached hydrogen (secondary N) is 2. The van der Waals surface area contributed by atoms with Gasteiger partial charge in [-0.2, -0.15) is 0 Å². The third-order valence-corrected chi connectivity index (χ3v) is 3.78. The maximum atomic E-state index is 11.5. The third kappa shape index (κ3) is 1.96. The molecular weight excluding hydrogens is 264 g/mol. The van der Waals surface area contributed by atoms with E-state index < -0.39 is 0 Å². The molecule has 0 radical (unpaired) electrons. The van der Waals surface area contributed by atoms with Gasteiger partial charge in [0.05, 0.1) is 5.69 Å². The fourth-order valence-corrected chi connectivity index (χ4v) is 2.78. The van der Waals surface area contributed by atoms with Gasteiger partial charge in [-0.25, -0.2) is 0 Å². The summed E-state index contributed by atoms with van der Waals surface area (Å²) in [5.74, 6) is 0.654. The van der Waals surface area contributed by atoms with E-state index in [1.807, 2.05) is 19.2 Å². The van der Waals surface area contributed by atoms with E-state index >= 15 is 0 Å². The summed E-state index contributed by atoms with van der Waals surface area (Å²) in [6, 6.07) is 12.4. The van der Waals surface area contributed by atoms with Crippen LogP contribution in [0.1, 0.15) is 5.56 Å². The summed E-state index contributed by atoms with van der Waals surface area (Å²) >= 11 is 0. The van der Waals surface area contributed by atoms with Crippen molar-refractivity contribution in [2.24, 2.45) is 0 Å². The van der Waals surface area contributed by atoms with Crippen molar-refractivity contribution in [3.05, 3.63) is 48.2 Å². The number of H-pyrrole nitrogens is 1. The van der Waals surface area contributed by atoms with Crippen molar-refractivity contribution in [2.75, 3.05) is 11.9 Å². The molecule has 1 aromatic heterocycles. The molecular formula is C17H14N2O2. The molecule has 2 N–H and O–H groups in total. The van der Waals surface area contributed by atoms with Crippen LogP contribution in [0.5, 0.6) is 5.75 Å². The zero-order valence-corrected chi connectivity index (χ0v) is 11.6. The Bertz CT molecular complexity index is 864. The summed E-state index contributed by atoms with van der Waals surface area (Å²) in [6.45, 7) is 2.08. The van der Waals surface area contributed by atoms with Crippen LogP contribution in [-0.4, -0.2) is 17.5 Å². The first kappa shape index (κ1) is 12.0. The van der Waals surface area contributed by atoms with Gasteiger partial charge in [-0.3, -0.25) is 4.79 Å². The maximum Gasteiger partial charge on any atom is 0.262 e. The topological polar surface area (TPSA) is 54.1 Å². The minimum Gasteiger partial charge on any atom is -0.481 e. The highest BCUT2D eigenvalue weighted by Gasteiger charge is 2.19. The van der Waals surface area contributed by atoms with Crippen molar-refractivity contribution in [2.45, 2.75) is 6.92 Å². The third-order valence-electron chi connectivity index (χ3n) is 3.78. The molecule has 1 aliphatic rings. The fraction of sp³-hybridized carbons (Fsp3) is 0.118. The zero-order valence-electron chi connectivity index (χ0n) is 11.6. The van der Waals surface area contributed by atoms with Gasteiger partial charge in [0.25, 0.3) is 5.91 Å². The molecule has 1 aliphatic heterocycles. The molecule has 0 aliphatic carbocycles. The molecule has 2 heterocycles. The van der Waals surface area contributed by atoms with Gasteiger partial charge in [0, 0.05) is 11.7 Å². The van der Waals surface area contributed by atoms with E-state index in [1.165, 1.54) is 5.39 Å². The first-order valence-corrected chi connectivity index (χ1v) is 6.85. The van der Waals surface area contributed by atoms with E-state index in [0.717, 1.165) is 33.6 Å². The molecule has 4 nitrogen and oxygen atoms in total. The average Bonchev–Trinajstić information content (AvgIpc) is 2.94. The predicted molar refractivity (Wildman–Crippen MR) is 82.6 cm³/mol. The number of fused-ring (bicyclic) bond motifs is 2. The first-order chi connectivity index (χ1) is 10.2. The Morgan fingerprint density at radius 3 is 2.90 bits per heavy atom. The van der Waals surface area contributed by atoms with Crippen molar-refractivity contribution in [3.63, 3.8) is 0 Å². The molecule has 4 heteroatoms. The smallest absolute Gasteiger partial charge is 0.262 e. The van der Waals surface area contributed by atoms with Crippen LogP contribution >= 0.6 is 0 Å². The lowest BCUT2D eigenvalue weighted by molar-refractivity contribution is -0.118. The Labute approximate surface area is 121 Å². The molecule has 0 bridgehead atoms. The van der Waals surface area contributed by atoms with Crippen molar-refractivity contribution < 1.29 is 9.53 Å². The highest BCUT2D eigenvalue weighted by atomic mass is 16.5. The SMILES string of the molecule is Cc1cc(-c2ccc3[nH]ccc3c2)cc2c1OCC(=O)N2. The summed E-state index contributed by atoms with van der Waals surface area (Å²) in [6.07, 6.45) is 1.93. The van der Waals surface area contributed by atoms with E-state index in [1.54, 1.807) is 0 Å². The number of aromatic amines is 1. The van der Waals surface area contributed by atoms with E-state index in [9.17, 15) is 4.79 Å². The van der Waals surface area contributed by atoms with Crippen LogP contribution in [0, 0.1) is 6.92 Å². The van der Waals surface area contributed by atoms with Crippen LogP contribution in [0.25, 0.3) is 22.0 Å². The number of benzene rings is 2. The standard InChI is InChI=1S/C17H14N2O2/c1-10-6-13(8-15-17(10)21-9-16(20)19-15)11-2-3-14-12(7-11)4-5-18-14/h2-8,18H,9H2,1H3,(H,19,20). The van der Waals surface area contributed by atoms with Crippen LogP contribution in [0.2, 0.25) is 0 Å². The van der Waals surface area contributed by atoms with E-state index in [0.29, 0.717) is 0 Å². The van der Waals surface area contributed by atoms with Gasteiger partial charge < -0.3 is 15.0 Å². The van der Waals surface area contributed by atoms with Gasteiger partial charge in [-0.05, 0) is 59.3 Å². The van der Waals surface area contributed by atoms with Crippen molar-refractivity contribution in [1.29, 1.82) is 0 Å². The van der Waals surface area contributed by atoms with Gasteiger partial charge >= 0.3 is 0 Å². The lowest BCUT2D eigenvalue weighted by atomic mass is 10.00. The second kappa shape index (κ2) is 4.38. The maximum absolute atomic E-state index is 11.5. The van der Waals surface area contributed by atoms with Crippen molar-refractivity contribution in [1.82, 2.24) is 4.98 Å². The number of anilines is 1. The van der Waals surface area contributed by atoms with Gasteiger partial charge in [-0.15, -0.1) is 0 Å². The summed E-state index contributed by atoms with van der Waals surface area (Å²) in [5.41, 5.74) is 5.07. The van der Waals surface area contributed by atoms with Gasteiger partial charge in [-0.1, -0.05) is 6.07 Å². The molecule has 4 rings (SSSR count). The minimum atomic E-state index is -0.111. The highest BCUT2D eigenvalue weighted by Crippen LogP contribution is 2.36. The Kier molecular flexibility index (Phi) is 2.51. The van der Waals surface area contributed by atoms with E-state index in [4.69, 9.17) is 4.74 Å².